The summed E-state index contributed by atoms with van der Waals surface area (Å²) in [7, 11) is 0. The van der Waals surface area contributed by atoms with E-state index in [2.05, 4.69) is 0 Å². The van der Waals surface area contributed by atoms with Crippen molar-refractivity contribution in [2.24, 2.45) is 11.5 Å². The van der Waals surface area contributed by atoms with Crippen LogP contribution < -0.4 is 11.5 Å². The van der Waals surface area contributed by atoms with E-state index in [4.69, 9.17) is 11.5 Å². The molecule has 6 heteroatoms. The number of carbonyl (C=O) groups excluding carboxylic acids is 3. The Morgan fingerprint density at radius 1 is 1.12 bits per heavy atom. The van der Waals surface area contributed by atoms with E-state index in [1.807, 2.05) is 0 Å². The van der Waals surface area contributed by atoms with E-state index >= 15 is 0 Å². The molecular formula is C11H13N3O3. The van der Waals surface area contributed by atoms with Gasteiger partial charge in [-0.2, -0.15) is 0 Å². The summed E-state index contributed by atoms with van der Waals surface area (Å²) in [5.74, 6) is -1.45. The van der Waals surface area contributed by atoms with Gasteiger partial charge in [-0.05, 0) is 5.56 Å². The molecule has 0 saturated heterocycles. The topological polar surface area (TPSA) is 106 Å². The summed E-state index contributed by atoms with van der Waals surface area (Å²) in [6.07, 6.45) is 0. The van der Waals surface area contributed by atoms with Gasteiger partial charge in [0.1, 0.15) is 6.04 Å². The number of primary amides is 2. The third kappa shape index (κ3) is 2.81. The van der Waals surface area contributed by atoms with Crippen molar-refractivity contribution >= 4 is 17.8 Å². The fraction of sp³-hybridized carbons (Fsp3) is 0.182. The van der Waals surface area contributed by atoms with E-state index in [0.29, 0.717) is 10.5 Å². The smallest absolute Gasteiger partial charge is 0.322 e. The van der Waals surface area contributed by atoms with Crippen LogP contribution in [0.1, 0.15) is 18.5 Å². The van der Waals surface area contributed by atoms with Gasteiger partial charge in [0, 0.05) is 6.92 Å². The minimum atomic E-state index is -1.17. The molecule has 6 nitrogen and oxygen atoms in total. The van der Waals surface area contributed by atoms with Crippen LogP contribution in [0.5, 0.6) is 0 Å². The molecule has 0 aliphatic carbocycles. The molecule has 0 bridgehead atoms. The van der Waals surface area contributed by atoms with Crippen LogP contribution in [0.25, 0.3) is 0 Å². The zero-order chi connectivity index (χ0) is 13.0. The maximum absolute atomic E-state index is 11.4. The zero-order valence-electron chi connectivity index (χ0n) is 9.29. The van der Waals surface area contributed by atoms with Crippen molar-refractivity contribution in [1.82, 2.24) is 4.90 Å². The average molecular weight is 235 g/mol. The number of carbonyl (C=O) groups is 3. The van der Waals surface area contributed by atoms with Crippen LogP contribution in [0.2, 0.25) is 0 Å². The van der Waals surface area contributed by atoms with E-state index in [-0.39, 0.29) is 0 Å². The number of nitrogens with two attached hydrogens (primary N) is 2. The lowest BCUT2D eigenvalue weighted by Gasteiger charge is -2.25. The Hall–Kier alpha value is -2.37. The van der Waals surface area contributed by atoms with Crippen molar-refractivity contribution in [2.45, 2.75) is 13.0 Å². The predicted molar refractivity (Wildman–Crippen MR) is 60.5 cm³/mol. The van der Waals surface area contributed by atoms with E-state index in [1.165, 1.54) is 0 Å². The SMILES string of the molecule is CC(=O)N(C(N)=O)C(C(N)=O)c1ccccc1. The summed E-state index contributed by atoms with van der Waals surface area (Å²) in [6, 6.07) is 6.08. The fourth-order valence-electron chi connectivity index (χ4n) is 1.54. The lowest BCUT2D eigenvalue weighted by Crippen LogP contribution is -2.46. The van der Waals surface area contributed by atoms with Gasteiger partial charge < -0.3 is 11.5 Å². The second-order valence-corrected chi connectivity index (χ2v) is 3.44. The van der Waals surface area contributed by atoms with Gasteiger partial charge in [-0.15, -0.1) is 0 Å². The first kappa shape index (κ1) is 12.7. The number of nitrogens with zero attached hydrogens (tertiary/aromatic N) is 1. The van der Waals surface area contributed by atoms with Crippen molar-refractivity contribution in [3.8, 4) is 0 Å². The summed E-state index contributed by atoms with van der Waals surface area (Å²) in [5, 5.41) is 0. The molecule has 0 radical (unpaired) electrons. The van der Waals surface area contributed by atoms with E-state index in [0.717, 1.165) is 6.92 Å². The van der Waals surface area contributed by atoms with Crippen molar-refractivity contribution in [1.29, 1.82) is 0 Å². The van der Waals surface area contributed by atoms with Gasteiger partial charge in [-0.25, -0.2) is 9.69 Å². The molecule has 0 heterocycles. The van der Waals surface area contributed by atoms with Crippen molar-refractivity contribution in [3.05, 3.63) is 35.9 Å². The number of rotatable bonds is 3. The van der Waals surface area contributed by atoms with Crippen molar-refractivity contribution < 1.29 is 14.4 Å². The molecule has 0 aliphatic rings. The minimum absolute atomic E-state index is 0.439. The number of hydrogen-bond donors (Lipinski definition) is 2. The third-order valence-corrected chi connectivity index (χ3v) is 2.22. The first-order valence-corrected chi connectivity index (χ1v) is 4.88. The molecule has 1 rings (SSSR count). The Kier molecular flexibility index (Phi) is 3.82. The maximum Gasteiger partial charge on any atom is 0.322 e. The van der Waals surface area contributed by atoms with Gasteiger partial charge in [0.2, 0.25) is 11.8 Å². The van der Waals surface area contributed by atoms with Crippen LogP contribution in [0.3, 0.4) is 0 Å². The highest BCUT2D eigenvalue weighted by atomic mass is 16.2. The van der Waals surface area contributed by atoms with E-state index in [1.54, 1.807) is 30.3 Å². The van der Waals surface area contributed by atoms with Crippen LogP contribution in [-0.2, 0) is 9.59 Å². The van der Waals surface area contributed by atoms with Gasteiger partial charge in [0.05, 0.1) is 0 Å². The van der Waals surface area contributed by atoms with Gasteiger partial charge in [-0.3, -0.25) is 9.59 Å². The molecular weight excluding hydrogens is 222 g/mol. The predicted octanol–water partition coefficient (Wildman–Crippen LogP) is 0.140. The lowest BCUT2D eigenvalue weighted by molar-refractivity contribution is -0.134. The maximum atomic E-state index is 11.4. The Labute approximate surface area is 98.2 Å². The molecule has 0 fully saturated rings. The normalized spacial score (nSPS) is 11.6. The highest BCUT2D eigenvalue weighted by Gasteiger charge is 2.31. The van der Waals surface area contributed by atoms with Crippen LogP contribution >= 0.6 is 0 Å². The fourth-order valence-corrected chi connectivity index (χ4v) is 1.54. The number of amides is 4. The molecule has 1 aromatic rings. The zero-order valence-corrected chi connectivity index (χ0v) is 9.29. The molecule has 1 unspecified atom stereocenters. The first-order chi connectivity index (χ1) is 7.95. The molecule has 0 aliphatic heterocycles. The summed E-state index contributed by atoms with van der Waals surface area (Å²) in [5.41, 5.74) is 10.7. The molecule has 0 spiro atoms. The Morgan fingerprint density at radius 2 is 1.65 bits per heavy atom. The standard InChI is InChI=1S/C11H13N3O3/c1-7(15)14(11(13)17)9(10(12)16)8-5-3-2-4-6-8/h2-6,9H,1H3,(H2,12,16)(H2,13,17). The number of benzene rings is 1. The van der Waals surface area contributed by atoms with Crippen molar-refractivity contribution in [2.75, 3.05) is 0 Å². The van der Waals surface area contributed by atoms with Gasteiger partial charge in [-0.1, -0.05) is 30.3 Å². The van der Waals surface area contributed by atoms with Crippen LogP contribution in [0.15, 0.2) is 30.3 Å². The quantitative estimate of drug-likeness (QED) is 0.778. The molecule has 0 aromatic heterocycles. The highest BCUT2D eigenvalue weighted by Crippen LogP contribution is 2.20. The number of hydrogen-bond acceptors (Lipinski definition) is 3. The Morgan fingerprint density at radius 3 is 2.00 bits per heavy atom. The summed E-state index contributed by atoms with van der Waals surface area (Å²) < 4.78 is 0. The van der Waals surface area contributed by atoms with Crippen LogP contribution in [0.4, 0.5) is 4.79 Å². The third-order valence-electron chi connectivity index (χ3n) is 2.22. The highest BCUT2D eigenvalue weighted by molar-refractivity contribution is 5.98. The first-order valence-electron chi connectivity index (χ1n) is 4.88. The van der Waals surface area contributed by atoms with E-state index in [9.17, 15) is 14.4 Å². The Balaban J connectivity index is 3.22. The van der Waals surface area contributed by atoms with E-state index < -0.39 is 23.9 Å². The molecule has 4 N–H and O–H groups in total. The average Bonchev–Trinajstić information content (AvgIpc) is 2.25. The molecule has 90 valence electrons. The van der Waals surface area contributed by atoms with Gasteiger partial charge in [0.15, 0.2) is 0 Å². The Bertz CT molecular complexity index is 431. The second kappa shape index (κ2) is 5.11. The summed E-state index contributed by atoms with van der Waals surface area (Å²) in [6.45, 7) is 1.14. The number of imide groups is 1. The summed E-state index contributed by atoms with van der Waals surface area (Å²) >= 11 is 0. The molecule has 1 atom stereocenters. The summed E-state index contributed by atoms with van der Waals surface area (Å²) in [4.78, 5) is 34.5. The van der Waals surface area contributed by atoms with Crippen molar-refractivity contribution in [3.63, 3.8) is 0 Å². The van der Waals surface area contributed by atoms with Gasteiger partial charge in [0.25, 0.3) is 0 Å². The monoisotopic (exact) mass is 235 g/mol. The van der Waals surface area contributed by atoms with Crippen LogP contribution in [0, 0.1) is 0 Å². The lowest BCUT2D eigenvalue weighted by atomic mass is 10.1. The van der Waals surface area contributed by atoms with Gasteiger partial charge >= 0.3 is 6.03 Å². The minimum Gasteiger partial charge on any atom is -0.368 e. The largest absolute Gasteiger partial charge is 0.368 e. The molecule has 4 amide bonds. The molecule has 1 aromatic carbocycles. The van der Waals surface area contributed by atoms with Crippen LogP contribution in [-0.4, -0.2) is 22.7 Å². The molecule has 0 saturated carbocycles. The second-order valence-electron chi connectivity index (χ2n) is 3.44. The molecule has 17 heavy (non-hydrogen) atoms. The number of urea groups is 1.